The number of hydrogen-bond acceptors (Lipinski definition) is 5. The SMILES string of the molecule is O=S(=O)(CCCC(F)(F)F)Nc1nc(Cl)c2[nH]cnc2n1. The molecule has 2 heterocycles. The largest absolute Gasteiger partial charge is 0.389 e. The Morgan fingerprint density at radius 1 is 1.33 bits per heavy atom. The van der Waals surface area contributed by atoms with E-state index in [-0.39, 0.29) is 16.7 Å². The number of imidazole rings is 1. The van der Waals surface area contributed by atoms with Crippen LogP contribution in [-0.2, 0) is 10.0 Å². The molecule has 0 aromatic carbocycles. The second kappa shape index (κ2) is 5.64. The molecule has 0 bridgehead atoms. The van der Waals surface area contributed by atoms with Gasteiger partial charge in [0.1, 0.15) is 5.52 Å². The molecule has 0 fully saturated rings. The number of H-pyrrole nitrogens is 1. The first-order chi connectivity index (χ1) is 9.66. The summed E-state index contributed by atoms with van der Waals surface area (Å²) in [4.78, 5) is 13.9. The lowest BCUT2D eigenvalue weighted by Gasteiger charge is -2.08. The summed E-state index contributed by atoms with van der Waals surface area (Å²) in [5, 5.41) is -0.0505. The van der Waals surface area contributed by atoms with E-state index in [2.05, 4.69) is 19.9 Å². The van der Waals surface area contributed by atoms with Gasteiger partial charge in [0.2, 0.25) is 16.0 Å². The fourth-order valence-corrected chi connectivity index (χ4v) is 2.71. The Morgan fingerprint density at radius 2 is 2.05 bits per heavy atom. The molecule has 0 aliphatic carbocycles. The van der Waals surface area contributed by atoms with Crippen LogP contribution in [0.5, 0.6) is 0 Å². The number of aromatic amines is 1. The van der Waals surface area contributed by atoms with Gasteiger partial charge in [0.25, 0.3) is 0 Å². The number of alkyl halides is 3. The van der Waals surface area contributed by atoms with Gasteiger partial charge in [0.05, 0.1) is 12.1 Å². The van der Waals surface area contributed by atoms with E-state index >= 15 is 0 Å². The molecule has 2 N–H and O–H groups in total. The number of halogens is 4. The lowest BCUT2D eigenvalue weighted by molar-refractivity contribution is -0.134. The van der Waals surface area contributed by atoms with Gasteiger partial charge in [0.15, 0.2) is 10.8 Å². The summed E-state index contributed by atoms with van der Waals surface area (Å²) < 4.78 is 61.2. The van der Waals surface area contributed by atoms with Gasteiger partial charge < -0.3 is 4.98 Å². The number of nitrogens with zero attached hydrogens (tertiary/aromatic N) is 3. The molecule has 0 saturated carbocycles. The van der Waals surface area contributed by atoms with Crippen LogP contribution in [0.4, 0.5) is 19.1 Å². The minimum Gasteiger partial charge on any atom is -0.341 e. The van der Waals surface area contributed by atoms with Crippen LogP contribution in [0.3, 0.4) is 0 Å². The van der Waals surface area contributed by atoms with Gasteiger partial charge in [-0.2, -0.15) is 23.1 Å². The summed E-state index contributed by atoms with van der Waals surface area (Å²) in [5.74, 6) is -1.04. The number of hydrogen-bond donors (Lipinski definition) is 2. The summed E-state index contributed by atoms with van der Waals surface area (Å²) >= 11 is 5.79. The van der Waals surface area contributed by atoms with Gasteiger partial charge in [0, 0.05) is 6.42 Å². The summed E-state index contributed by atoms with van der Waals surface area (Å²) in [6.07, 6.45) is -4.85. The Labute approximate surface area is 122 Å². The number of fused-ring (bicyclic) bond motifs is 1. The van der Waals surface area contributed by atoms with Crippen molar-refractivity contribution in [3.63, 3.8) is 0 Å². The third-order valence-corrected chi connectivity index (χ3v) is 3.95. The van der Waals surface area contributed by atoms with Crippen LogP contribution in [0.25, 0.3) is 11.2 Å². The van der Waals surface area contributed by atoms with Crippen molar-refractivity contribution in [3.8, 4) is 0 Å². The van der Waals surface area contributed by atoms with Gasteiger partial charge >= 0.3 is 6.18 Å². The van der Waals surface area contributed by atoms with Crippen LogP contribution in [0.1, 0.15) is 12.8 Å². The molecule has 21 heavy (non-hydrogen) atoms. The first kappa shape index (κ1) is 15.8. The van der Waals surface area contributed by atoms with Crippen molar-refractivity contribution in [1.82, 2.24) is 19.9 Å². The number of rotatable bonds is 5. The maximum absolute atomic E-state index is 12.0. The second-order valence-electron chi connectivity index (χ2n) is 4.08. The average molecular weight is 344 g/mol. The minimum atomic E-state index is -4.40. The molecule has 7 nitrogen and oxygen atoms in total. The van der Waals surface area contributed by atoms with Crippen molar-refractivity contribution in [2.45, 2.75) is 19.0 Å². The molecule has 0 unspecified atom stereocenters. The van der Waals surface area contributed by atoms with Crippen molar-refractivity contribution >= 4 is 38.7 Å². The molecule has 0 amide bonds. The average Bonchev–Trinajstić information content (AvgIpc) is 2.74. The number of anilines is 1. The van der Waals surface area contributed by atoms with Gasteiger partial charge in [-0.1, -0.05) is 11.6 Å². The molecule has 0 saturated heterocycles. The number of nitrogens with one attached hydrogen (secondary N) is 2. The second-order valence-corrected chi connectivity index (χ2v) is 6.28. The zero-order valence-corrected chi connectivity index (χ0v) is 11.8. The molecule has 2 rings (SSSR count). The van der Waals surface area contributed by atoms with Crippen LogP contribution in [0, 0.1) is 0 Å². The number of aromatic nitrogens is 4. The van der Waals surface area contributed by atoms with E-state index in [0.717, 1.165) is 0 Å². The van der Waals surface area contributed by atoms with Crippen LogP contribution in [0.2, 0.25) is 5.15 Å². The van der Waals surface area contributed by atoms with Crippen LogP contribution in [-0.4, -0.2) is 40.3 Å². The fourth-order valence-electron chi connectivity index (χ4n) is 1.50. The number of sulfonamides is 1. The lowest BCUT2D eigenvalue weighted by Crippen LogP contribution is -2.20. The van der Waals surface area contributed by atoms with Crippen LogP contribution in [0.15, 0.2) is 6.33 Å². The maximum Gasteiger partial charge on any atom is 0.389 e. The molecular formula is C9H9ClF3N5O2S. The highest BCUT2D eigenvalue weighted by molar-refractivity contribution is 7.92. The third-order valence-electron chi connectivity index (χ3n) is 2.36. The maximum atomic E-state index is 12.0. The van der Waals surface area contributed by atoms with Crippen molar-refractivity contribution in [3.05, 3.63) is 11.5 Å². The molecule has 2 aromatic heterocycles. The lowest BCUT2D eigenvalue weighted by atomic mass is 10.3. The molecule has 116 valence electrons. The summed E-state index contributed by atoms with van der Waals surface area (Å²) in [7, 11) is -4.00. The van der Waals surface area contributed by atoms with E-state index in [4.69, 9.17) is 11.6 Å². The zero-order valence-electron chi connectivity index (χ0n) is 10.3. The van der Waals surface area contributed by atoms with Gasteiger partial charge in [-0.05, 0) is 6.42 Å². The predicted molar refractivity (Wildman–Crippen MR) is 69.4 cm³/mol. The highest BCUT2D eigenvalue weighted by atomic mass is 35.5. The molecule has 12 heteroatoms. The molecule has 0 spiro atoms. The first-order valence-corrected chi connectivity index (χ1v) is 7.63. The van der Waals surface area contributed by atoms with Crippen LogP contribution >= 0.6 is 11.6 Å². The molecule has 0 aliphatic heterocycles. The van der Waals surface area contributed by atoms with E-state index in [1.807, 2.05) is 4.72 Å². The molecular weight excluding hydrogens is 335 g/mol. The Hall–Kier alpha value is -1.62. The highest BCUT2D eigenvalue weighted by Crippen LogP contribution is 2.22. The molecule has 0 radical (unpaired) electrons. The standard InChI is InChI=1S/C9H9ClF3N5O2S/c10-6-5-7(15-4-14-5)17-8(16-6)18-21(19,20)3-1-2-9(11,12)13/h4H,1-3H2,(H2,14,15,16,17,18). The van der Waals surface area contributed by atoms with Gasteiger partial charge in [-0.25, -0.2) is 13.4 Å². The van der Waals surface area contributed by atoms with Gasteiger partial charge in [-0.15, -0.1) is 0 Å². The van der Waals surface area contributed by atoms with E-state index in [9.17, 15) is 21.6 Å². The highest BCUT2D eigenvalue weighted by Gasteiger charge is 2.27. The van der Waals surface area contributed by atoms with Crippen molar-refractivity contribution in [2.24, 2.45) is 0 Å². The Morgan fingerprint density at radius 3 is 2.71 bits per heavy atom. The predicted octanol–water partition coefficient (Wildman–Crippen LogP) is 2.09. The van der Waals surface area contributed by atoms with E-state index in [1.54, 1.807) is 0 Å². The summed E-state index contributed by atoms with van der Waals surface area (Å²) in [6, 6.07) is 0. The van der Waals surface area contributed by atoms with E-state index < -0.39 is 34.8 Å². The smallest absolute Gasteiger partial charge is 0.341 e. The van der Waals surface area contributed by atoms with Crippen molar-refractivity contribution < 1.29 is 21.6 Å². The summed E-state index contributed by atoms with van der Waals surface area (Å²) in [6.45, 7) is 0. The Balaban J connectivity index is 2.08. The van der Waals surface area contributed by atoms with E-state index in [0.29, 0.717) is 5.52 Å². The van der Waals surface area contributed by atoms with E-state index in [1.165, 1.54) is 6.33 Å². The molecule has 2 aromatic rings. The normalized spacial score (nSPS) is 12.8. The molecule has 0 atom stereocenters. The van der Waals surface area contributed by atoms with Crippen molar-refractivity contribution in [2.75, 3.05) is 10.5 Å². The summed E-state index contributed by atoms with van der Waals surface area (Å²) in [5.41, 5.74) is 0.472. The quantitative estimate of drug-likeness (QED) is 0.809. The monoisotopic (exact) mass is 343 g/mol. The van der Waals surface area contributed by atoms with Gasteiger partial charge in [-0.3, -0.25) is 4.72 Å². The fraction of sp³-hybridized carbons (Fsp3) is 0.444. The van der Waals surface area contributed by atoms with Crippen molar-refractivity contribution in [1.29, 1.82) is 0 Å². The molecule has 0 aliphatic rings. The minimum absolute atomic E-state index is 0.0505. The third kappa shape index (κ3) is 4.43. The zero-order chi connectivity index (χ0) is 15.7. The Bertz CT molecular complexity index is 745. The van der Waals surface area contributed by atoms with Crippen LogP contribution < -0.4 is 4.72 Å². The topological polar surface area (TPSA) is 101 Å². The first-order valence-electron chi connectivity index (χ1n) is 5.60. The Kier molecular flexibility index (Phi) is 4.23.